The first kappa shape index (κ1) is 17.9. The molecule has 0 radical (unpaired) electrons. The SMILES string of the molecule is CN1CCC(=O)Nc2cc(C(=O)Nc3ncc(C4CCNCC4)s3)ccc21. The summed E-state index contributed by atoms with van der Waals surface area (Å²) < 4.78 is 0. The van der Waals surface area contributed by atoms with Crippen molar-refractivity contribution in [1.29, 1.82) is 0 Å². The summed E-state index contributed by atoms with van der Waals surface area (Å²) in [5.74, 6) is 0.266. The number of benzene rings is 1. The van der Waals surface area contributed by atoms with Crippen molar-refractivity contribution in [3.8, 4) is 0 Å². The zero-order valence-corrected chi connectivity index (χ0v) is 16.1. The molecule has 0 spiro atoms. The van der Waals surface area contributed by atoms with Gasteiger partial charge in [-0.05, 0) is 50.0 Å². The molecule has 1 fully saturated rings. The van der Waals surface area contributed by atoms with Gasteiger partial charge in [-0.2, -0.15) is 0 Å². The highest BCUT2D eigenvalue weighted by Gasteiger charge is 2.20. The molecule has 1 aromatic carbocycles. The molecule has 8 heteroatoms. The van der Waals surface area contributed by atoms with Gasteiger partial charge in [0.05, 0.1) is 11.4 Å². The smallest absolute Gasteiger partial charge is 0.257 e. The van der Waals surface area contributed by atoms with Gasteiger partial charge in [-0.1, -0.05) is 0 Å². The van der Waals surface area contributed by atoms with E-state index in [0.717, 1.165) is 31.6 Å². The van der Waals surface area contributed by atoms with Crippen molar-refractivity contribution in [1.82, 2.24) is 10.3 Å². The summed E-state index contributed by atoms with van der Waals surface area (Å²) in [4.78, 5) is 32.1. The van der Waals surface area contributed by atoms with E-state index >= 15 is 0 Å². The number of fused-ring (bicyclic) bond motifs is 1. The maximum atomic E-state index is 12.7. The molecule has 2 aliphatic rings. The molecule has 2 amide bonds. The molecule has 2 aromatic rings. The van der Waals surface area contributed by atoms with Crippen LogP contribution in [0, 0.1) is 0 Å². The fraction of sp³-hybridized carbons (Fsp3) is 0.421. The molecule has 0 saturated carbocycles. The predicted molar refractivity (Wildman–Crippen MR) is 108 cm³/mol. The van der Waals surface area contributed by atoms with Crippen LogP contribution in [-0.2, 0) is 4.79 Å². The summed E-state index contributed by atoms with van der Waals surface area (Å²) in [7, 11) is 1.94. The Kier molecular flexibility index (Phi) is 5.09. The maximum Gasteiger partial charge on any atom is 0.257 e. The van der Waals surface area contributed by atoms with Crippen molar-refractivity contribution in [2.75, 3.05) is 42.2 Å². The summed E-state index contributed by atoms with van der Waals surface area (Å²) in [6.45, 7) is 2.71. The molecule has 0 bridgehead atoms. The summed E-state index contributed by atoms with van der Waals surface area (Å²) in [5, 5.41) is 9.75. The standard InChI is InChI=1S/C19H23N5O2S/c1-24-9-6-17(25)22-14-10-13(2-3-15(14)24)18(26)23-19-21-11-16(27-19)12-4-7-20-8-5-12/h2-3,10-12,20H,4-9H2,1H3,(H,22,25)(H,21,23,26). The summed E-state index contributed by atoms with van der Waals surface area (Å²) in [5.41, 5.74) is 2.09. The Morgan fingerprint density at radius 2 is 2.15 bits per heavy atom. The molecule has 1 saturated heterocycles. The lowest BCUT2D eigenvalue weighted by Crippen LogP contribution is -2.26. The Hall–Kier alpha value is -2.45. The van der Waals surface area contributed by atoms with E-state index in [1.165, 1.54) is 4.88 Å². The predicted octanol–water partition coefficient (Wildman–Crippen LogP) is 2.64. The fourth-order valence-electron chi connectivity index (χ4n) is 3.52. The topological polar surface area (TPSA) is 86.4 Å². The van der Waals surface area contributed by atoms with Gasteiger partial charge in [0, 0.05) is 36.7 Å². The highest BCUT2D eigenvalue weighted by atomic mass is 32.1. The van der Waals surface area contributed by atoms with Crippen molar-refractivity contribution >= 4 is 39.7 Å². The van der Waals surface area contributed by atoms with Gasteiger partial charge in [-0.3, -0.25) is 14.9 Å². The fourth-order valence-corrected chi connectivity index (χ4v) is 4.50. The van der Waals surface area contributed by atoms with Gasteiger partial charge in [0.25, 0.3) is 5.91 Å². The highest BCUT2D eigenvalue weighted by Crippen LogP contribution is 2.32. The zero-order chi connectivity index (χ0) is 18.8. The van der Waals surface area contributed by atoms with E-state index in [1.807, 2.05) is 24.2 Å². The maximum absolute atomic E-state index is 12.7. The van der Waals surface area contributed by atoms with Gasteiger partial charge in [-0.15, -0.1) is 11.3 Å². The second-order valence-electron chi connectivity index (χ2n) is 7.00. The third-order valence-electron chi connectivity index (χ3n) is 5.10. The van der Waals surface area contributed by atoms with Crippen molar-refractivity contribution < 1.29 is 9.59 Å². The number of rotatable bonds is 3. The summed E-state index contributed by atoms with van der Waals surface area (Å²) in [6.07, 6.45) is 4.52. The average molecular weight is 385 g/mol. The molecular weight excluding hydrogens is 362 g/mol. The van der Waals surface area contributed by atoms with Crippen molar-refractivity contribution in [2.24, 2.45) is 0 Å². The minimum absolute atomic E-state index is 0.0373. The first-order valence-electron chi connectivity index (χ1n) is 9.23. The van der Waals surface area contributed by atoms with Gasteiger partial charge in [0.1, 0.15) is 0 Å². The van der Waals surface area contributed by atoms with Crippen molar-refractivity contribution in [3.63, 3.8) is 0 Å². The third kappa shape index (κ3) is 3.96. The molecule has 142 valence electrons. The number of amides is 2. The van der Waals surface area contributed by atoms with E-state index in [-0.39, 0.29) is 11.8 Å². The number of thiazole rings is 1. The Bertz CT molecular complexity index is 860. The zero-order valence-electron chi connectivity index (χ0n) is 15.2. The van der Waals surface area contributed by atoms with Crippen LogP contribution in [0.2, 0.25) is 0 Å². The van der Waals surface area contributed by atoms with Gasteiger partial charge >= 0.3 is 0 Å². The van der Waals surface area contributed by atoms with E-state index in [2.05, 4.69) is 20.9 Å². The summed E-state index contributed by atoms with van der Waals surface area (Å²) in [6, 6.07) is 5.38. The van der Waals surface area contributed by atoms with Gasteiger partial charge < -0.3 is 15.5 Å². The molecule has 3 N–H and O–H groups in total. The first-order valence-corrected chi connectivity index (χ1v) is 10.0. The van der Waals surface area contributed by atoms with Crippen LogP contribution in [0.4, 0.5) is 16.5 Å². The number of hydrogen-bond donors (Lipinski definition) is 3. The van der Waals surface area contributed by atoms with Gasteiger partial charge in [-0.25, -0.2) is 4.98 Å². The molecule has 2 aliphatic heterocycles. The molecule has 0 aliphatic carbocycles. The monoisotopic (exact) mass is 385 g/mol. The van der Waals surface area contributed by atoms with Crippen LogP contribution in [0.3, 0.4) is 0 Å². The Balaban J connectivity index is 1.49. The van der Waals surface area contributed by atoms with Crippen LogP contribution in [-0.4, -0.2) is 43.5 Å². The number of carbonyl (C=O) groups is 2. The molecule has 7 nitrogen and oxygen atoms in total. The lowest BCUT2D eigenvalue weighted by molar-refractivity contribution is -0.115. The Morgan fingerprint density at radius 1 is 1.33 bits per heavy atom. The first-order chi connectivity index (χ1) is 13.1. The molecular formula is C19H23N5O2S. The van der Waals surface area contributed by atoms with Crippen LogP contribution in [0.15, 0.2) is 24.4 Å². The number of nitrogens with one attached hydrogen (secondary N) is 3. The third-order valence-corrected chi connectivity index (χ3v) is 6.18. The van der Waals surface area contributed by atoms with Crippen LogP contribution >= 0.6 is 11.3 Å². The molecule has 4 rings (SSSR count). The van der Waals surface area contributed by atoms with E-state index in [9.17, 15) is 9.59 Å². The van der Waals surface area contributed by atoms with E-state index in [4.69, 9.17) is 0 Å². The van der Waals surface area contributed by atoms with Crippen LogP contribution < -0.4 is 20.9 Å². The van der Waals surface area contributed by atoms with E-state index < -0.39 is 0 Å². The molecule has 1 aromatic heterocycles. The van der Waals surface area contributed by atoms with Crippen molar-refractivity contribution in [2.45, 2.75) is 25.2 Å². The lowest BCUT2D eigenvalue weighted by atomic mass is 9.97. The van der Waals surface area contributed by atoms with Crippen LogP contribution in [0.5, 0.6) is 0 Å². The molecule has 3 heterocycles. The van der Waals surface area contributed by atoms with E-state index in [1.54, 1.807) is 23.5 Å². The van der Waals surface area contributed by atoms with E-state index in [0.29, 0.717) is 35.3 Å². The number of nitrogens with zero attached hydrogens (tertiary/aromatic N) is 2. The largest absolute Gasteiger partial charge is 0.372 e. The molecule has 0 atom stereocenters. The van der Waals surface area contributed by atoms with Crippen LogP contribution in [0.25, 0.3) is 0 Å². The van der Waals surface area contributed by atoms with Crippen LogP contribution in [0.1, 0.15) is 40.4 Å². The second-order valence-corrected chi connectivity index (χ2v) is 8.06. The number of carbonyl (C=O) groups excluding carboxylic acids is 2. The highest BCUT2D eigenvalue weighted by molar-refractivity contribution is 7.15. The number of hydrogen-bond acceptors (Lipinski definition) is 6. The Labute approximate surface area is 162 Å². The van der Waals surface area contributed by atoms with Crippen molar-refractivity contribution in [3.05, 3.63) is 34.8 Å². The minimum Gasteiger partial charge on any atom is -0.372 e. The summed E-state index contributed by atoms with van der Waals surface area (Å²) >= 11 is 1.55. The minimum atomic E-state index is -0.217. The number of aromatic nitrogens is 1. The lowest BCUT2D eigenvalue weighted by Gasteiger charge is -2.20. The second kappa shape index (κ2) is 7.66. The Morgan fingerprint density at radius 3 is 2.96 bits per heavy atom. The number of anilines is 3. The quantitative estimate of drug-likeness (QED) is 0.756. The molecule has 27 heavy (non-hydrogen) atoms. The average Bonchev–Trinajstić information content (AvgIpc) is 3.09. The number of piperidine rings is 1. The van der Waals surface area contributed by atoms with Gasteiger partial charge in [0.15, 0.2) is 5.13 Å². The van der Waals surface area contributed by atoms with Gasteiger partial charge in [0.2, 0.25) is 5.91 Å². The normalized spacial score (nSPS) is 17.8. The molecule has 0 unspecified atom stereocenters.